The minimum absolute atomic E-state index is 0.118. The minimum Gasteiger partial charge on any atom is -0.465 e. The predicted octanol–water partition coefficient (Wildman–Crippen LogP) is 1.46. The molecule has 1 aromatic carbocycles. The summed E-state index contributed by atoms with van der Waals surface area (Å²) in [5.41, 5.74) is 1.43. The van der Waals surface area contributed by atoms with Crippen LogP contribution in [0, 0.1) is 0 Å². The van der Waals surface area contributed by atoms with E-state index < -0.39 is 5.97 Å². The predicted molar refractivity (Wildman–Crippen MR) is 67.3 cm³/mol. The van der Waals surface area contributed by atoms with Gasteiger partial charge < -0.3 is 15.0 Å². The van der Waals surface area contributed by atoms with E-state index in [4.69, 9.17) is 4.74 Å². The van der Waals surface area contributed by atoms with E-state index in [-0.39, 0.29) is 12.5 Å². The molecule has 0 spiro atoms. The van der Waals surface area contributed by atoms with Crippen LogP contribution in [0.15, 0.2) is 30.5 Å². The van der Waals surface area contributed by atoms with Crippen molar-refractivity contribution in [1.29, 1.82) is 0 Å². The van der Waals surface area contributed by atoms with E-state index in [1.807, 2.05) is 12.1 Å². The van der Waals surface area contributed by atoms with E-state index in [0.717, 1.165) is 10.9 Å². The number of rotatable bonds is 4. The SMILES string of the molecule is CCOC(=O)CNC(=O)c1cccc2[nH]ccc12. The van der Waals surface area contributed by atoms with Crippen LogP contribution in [-0.2, 0) is 9.53 Å². The standard InChI is InChI=1S/C13H14N2O3/c1-2-18-12(16)8-15-13(17)10-4-3-5-11-9(10)6-7-14-11/h3-7,14H,2,8H2,1H3,(H,15,17). The summed E-state index contributed by atoms with van der Waals surface area (Å²) < 4.78 is 4.74. The summed E-state index contributed by atoms with van der Waals surface area (Å²) in [6.07, 6.45) is 1.77. The zero-order valence-corrected chi connectivity index (χ0v) is 10.0. The molecule has 0 saturated heterocycles. The Bertz CT molecular complexity index is 574. The maximum Gasteiger partial charge on any atom is 0.325 e. The number of hydrogen-bond acceptors (Lipinski definition) is 3. The molecule has 0 aliphatic heterocycles. The van der Waals surface area contributed by atoms with Crippen LogP contribution < -0.4 is 5.32 Å². The van der Waals surface area contributed by atoms with Gasteiger partial charge in [0.1, 0.15) is 6.54 Å². The van der Waals surface area contributed by atoms with Gasteiger partial charge in [-0.15, -0.1) is 0 Å². The average molecular weight is 246 g/mol. The lowest BCUT2D eigenvalue weighted by Crippen LogP contribution is -2.30. The Morgan fingerprint density at radius 1 is 1.33 bits per heavy atom. The van der Waals surface area contributed by atoms with Crippen LogP contribution in [0.5, 0.6) is 0 Å². The molecule has 5 heteroatoms. The van der Waals surface area contributed by atoms with Crippen LogP contribution in [0.1, 0.15) is 17.3 Å². The molecule has 1 amide bonds. The molecule has 0 aliphatic rings. The molecule has 18 heavy (non-hydrogen) atoms. The molecule has 1 heterocycles. The second-order valence-corrected chi connectivity index (χ2v) is 3.73. The smallest absolute Gasteiger partial charge is 0.325 e. The van der Waals surface area contributed by atoms with E-state index in [9.17, 15) is 9.59 Å². The molecule has 0 radical (unpaired) electrons. The van der Waals surface area contributed by atoms with Crippen molar-refractivity contribution in [3.63, 3.8) is 0 Å². The third kappa shape index (κ3) is 2.51. The Balaban J connectivity index is 2.09. The number of carbonyl (C=O) groups excluding carboxylic acids is 2. The van der Waals surface area contributed by atoms with Crippen LogP contribution >= 0.6 is 0 Å². The number of esters is 1. The number of hydrogen-bond donors (Lipinski definition) is 2. The molecular weight excluding hydrogens is 232 g/mol. The van der Waals surface area contributed by atoms with Gasteiger partial charge in [0.05, 0.1) is 6.61 Å². The van der Waals surface area contributed by atoms with Crippen molar-refractivity contribution in [3.05, 3.63) is 36.0 Å². The van der Waals surface area contributed by atoms with Crippen molar-refractivity contribution >= 4 is 22.8 Å². The van der Waals surface area contributed by atoms with Gasteiger partial charge in [-0.1, -0.05) is 6.07 Å². The van der Waals surface area contributed by atoms with Gasteiger partial charge in [-0.2, -0.15) is 0 Å². The van der Waals surface area contributed by atoms with E-state index >= 15 is 0 Å². The van der Waals surface area contributed by atoms with Crippen molar-refractivity contribution in [1.82, 2.24) is 10.3 Å². The quantitative estimate of drug-likeness (QED) is 0.802. The first-order chi connectivity index (χ1) is 8.72. The second kappa shape index (κ2) is 5.35. The van der Waals surface area contributed by atoms with E-state index in [0.29, 0.717) is 12.2 Å². The van der Waals surface area contributed by atoms with Crippen molar-refractivity contribution in [2.45, 2.75) is 6.92 Å². The van der Waals surface area contributed by atoms with E-state index in [1.54, 1.807) is 25.3 Å². The van der Waals surface area contributed by atoms with Gasteiger partial charge in [0, 0.05) is 22.7 Å². The highest BCUT2D eigenvalue weighted by molar-refractivity contribution is 6.07. The summed E-state index contributed by atoms with van der Waals surface area (Å²) in [5.74, 6) is -0.722. The number of amides is 1. The summed E-state index contributed by atoms with van der Waals surface area (Å²) >= 11 is 0. The summed E-state index contributed by atoms with van der Waals surface area (Å²) in [7, 11) is 0. The monoisotopic (exact) mass is 246 g/mol. The fourth-order valence-electron chi connectivity index (χ4n) is 1.74. The second-order valence-electron chi connectivity index (χ2n) is 3.73. The van der Waals surface area contributed by atoms with Gasteiger partial charge in [-0.3, -0.25) is 9.59 Å². The normalized spacial score (nSPS) is 10.3. The lowest BCUT2D eigenvalue weighted by molar-refractivity contribution is -0.141. The van der Waals surface area contributed by atoms with Crippen LogP contribution in [0.4, 0.5) is 0 Å². The molecule has 0 bridgehead atoms. The van der Waals surface area contributed by atoms with Gasteiger partial charge in [0.2, 0.25) is 0 Å². The fraction of sp³-hybridized carbons (Fsp3) is 0.231. The maximum atomic E-state index is 11.9. The van der Waals surface area contributed by atoms with Crippen molar-refractivity contribution in [2.24, 2.45) is 0 Å². The first-order valence-corrected chi connectivity index (χ1v) is 5.72. The highest BCUT2D eigenvalue weighted by atomic mass is 16.5. The molecule has 5 nitrogen and oxygen atoms in total. The molecule has 2 aromatic rings. The molecule has 94 valence electrons. The zero-order valence-electron chi connectivity index (χ0n) is 10.0. The molecule has 0 unspecified atom stereocenters. The Kier molecular flexibility index (Phi) is 3.62. The van der Waals surface area contributed by atoms with Gasteiger partial charge >= 0.3 is 5.97 Å². The van der Waals surface area contributed by atoms with Crippen LogP contribution in [0.25, 0.3) is 10.9 Å². The Morgan fingerprint density at radius 2 is 2.17 bits per heavy atom. The topological polar surface area (TPSA) is 71.2 Å². The molecule has 0 fully saturated rings. The zero-order chi connectivity index (χ0) is 13.0. The lowest BCUT2D eigenvalue weighted by atomic mass is 10.1. The minimum atomic E-state index is -0.438. The molecule has 1 aromatic heterocycles. The molecule has 0 saturated carbocycles. The number of fused-ring (bicyclic) bond motifs is 1. The average Bonchev–Trinajstić information content (AvgIpc) is 2.84. The summed E-state index contributed by atoms with van der Waals surface area (Å²) in [6.45, 7) is 1.91. The van der Waals surface area contributed by atoms with Gasteiger partial charge in [-0.25, -0.2) is 0 Å². The highest BCUT2D eigenvalue weighted by Crippen LogP contribution is 2.16. The summed E-state index contributed by atoms with van der Waals surface area (Å²) in [6, 6.07) is 7.22. The third-order valence-electron chi connectivity index (χ3n) is 2.54. The van der Waals surface area contributed by atoms with Crippen molar-refractivity contribution in [2.75, 3.05) is 13.2 Å². The van der Waals surface area contributed by atoms with Crippen molar-refractivity contribution in [3.8, 4) is 0 Å². The largest absolute Gasteiger partial charge is 0.465 e. The lowest BCUT2D eigenvalue weighted by Gasteiger charge is -2.05. The van der Waals surface area contributed by atoms with Crippen LogP contribution in [0.2, 0.25) is 0 Å². The Morgan fingerprint density at radius 3 is 2.94 bits per heavy atom. The number of benzene rings is 1. The summed E-state index contributed by atoms with van der Waals surface area (Å²) in [4.78, 5) is 26.1. The molecule has 0 aliphatic carbocycles. The Hall–Kier alpha value is -2.30. The number of H-pyrrole nitrogens is 1. The third-order valence-corrected chi connectivity index (χ3v) is 2.54. The molecule has 2 N–H and O–H groups in total. The number of carbonyl (C=O) groups is 2. The molecule has 0 atom stereocenters. The van der Waals surface area contributed by atoms with Crippen LogP contribution in [0.3, 0.4) is 0 Å². The first-order valence-electron chi connectivity index (χ1n) is 5.72. The summed E-state index contributed by atoms with van der Waals surface area (Å²) in [5, 5.41) is 3.37. The highest BCUT2D eigenvalue weighted by Gasteiger charge is 2.11. The number of ether oxygens (including phenoxy) is 1. The first kappa shape index (κ1) is 12.2. The van der Waals surface area contributed by atoms with Gasteiger partial charge in [0.15, 0.2) is 0 Å². The number of aromatic amines is 1. The fourth-order valence-corrected chi connectivity index (χ4v) is 1.74. The van der Waals surface area contributed by atoms with Gasteiger partial charge in [-0.05, 0) is 25.1 Å². The van der Waals surface area contributed by atoms with Crippen molar-refractivity contribution < 1.29 is 14.3 Å². The maximum absolute atomic E-state index is 11.9. The van der Waals surface area contributed by atoms with Gasteiger partial charge in [0.25, 0.3) is 5.91 Å². The number of aromatic nitrogens is 1. The molecular formula is C13H14N2O3. The Labute approximate surface area is 104 Å². The van der Waals surface area contributed by atoms with E-state index in [2.05, 4.69) is 10.3 Å². The molecule has 2 rings (SSSR count). The van der Waals surface area contributed by atoms with E-state index in [1.165, 1.54) is 0 Å². The number of nitrogens with one attached hydrogen (secondary N) is 2. The van der Waals surface area contributed by atoms with Crippen LogP contribution in [-0.4, -0.2) is 30.0 Å².